The summed E-state index contributed by atoms with van der Waals surface area (Å²) in [6, 6.07) is 0. The summed E-state index contributed by atoms with van der Waals surface area (Å²) in [4.78, 5) is 5.89. The van der Waals surface area contributed by atoms with Crippen molar-refractivity contribution in [1.29, 1.82) is 0 Å². The van der Waals surface area contributed by atoms with Gasteiger partial charge in [-0.1, -0.05) is 11.6 Å². The maximum Gasteiger partial charge on any atom is 0.263 e. The third-order valence-corrected chi connectivity index (χ3v) is 5.56. The fourth-order valence-electron chi connectivity index (χ4n) is 2.02. The van der Waals surface area contributed by atoms with E-state index >= 15 is 0 Å². The standard InChI is InChI=1S/C10H17ClN4O3S/c1-13-8-12-10(9(13)11)19(17,18)15-4-2-14(3-5-15)6-7-16/h8,16H,2-7H2,1H3. The Labute approximate surface area is 117 Å². The van der Waals surface area contributed by atoms with Crippen molar-refractivity contribution < 1.29 is 13.5 Å². The summed E-state index contributed by atoms with van der Waals surface area (Å²) in [5, 5.41) is 8.89. The lowest BCUT2D eigenvalue weighted by Crippen LogP contribution is -2.49. The molecule has 2 rings (SSSR count). The molecule has 1 N–H and O–H groups in total. The number of hydrogen-bond donors (Lipinski definition) is 1. The number of piperazine rings is 1. The van der Waals surface area contributed by atoms with E-state index in [4.69, 9.17) is 16.7 Å². The Kier molecular flexibility index (Phi) is 4.46. The van der Waals surface area contributed by atoms with Gasteiger partial charge in [-0.2, -0.15) is 4.31 Å². The molecule has 0 amide bonds. The second kappa shape index (κ2) is 5.76. The van der Waals surface area contributed by atoms with Crippen molar-refractivity contribution in [2.24, 2.45) is 7.05 Å². The SMILES string of the molecule is Cn1cnc(S(=O)(=O)N2CCN(CCO)CC2)c1Cl. The third kappa shape index (κ3) is 2.92. The van der Waals surface area contributed by atoms with Crippen molar-refractivity contribution in [3.8, 4) is 0 Å². The minimum atomic E-state index is -3.63. The second-order valence-electron chi connectivity index (χ2n) is 4.42. The van der Waals surface area contributed by atoms with Gasteiger partial charge in [0.15, 0.2) is 0 Å². The summed E-state index contributed by atoms with van der Waals surface area (Å²) in [5.74, 6) is 0. The van der Waals surface area contributed by atoms with Crippen LogP contribution in [0.1, 0.15) is 0 Å². The van der Waals surface area contributed by atoms with E-state index < -0.39 is 10.0 Å². The van der Waals surface area contributed by atoms with Gasteiger partial charge in [-0.3, -0.25) is 4.90 Å². The van der Waals surface area contributed by atoms with E-state index in [1.54, 1.807) is 7.05 Å². The number of aromatic nitrogens is 2. The summed E-state index contributed by atoms with van der Waals surface area (Å²) < 4.78 is 27.6. The molecule has 0 spiro atoms. The summed E-state index contributed by atoms with van der Waals surface area (Å²) >= 11 is 5.94. The smallest absolute Gasteiger partial charge is 0.263 e. The van der Waals surface area contributed by atoms with Crippen LogP contribution < -0.4 is 0 Å². The van der Waals surface area contributed by atoms with Gasteiger partial charge in [0.05, 0.1) is 12.9 Å². The zero-order valence-electron chi connectivity index (χ0n) is 10.7. The van der Waals surface area contributed by atoms with E-state index in [0.29, 0.717) is 32.7 Å². The summed E-state index contributed by atoms with van der Waals surface area (Å²) in [7, 11) is -1.98. The van der Waals surface area contributed by atoms with Crippen LogP contribution in [0, 0.1) is 0 Å². The first-order chi connectivity index (χ1) is 8.96. The Morgan fingerprint density at radius 1 is 1.37 bits per heavy atom. The molecule has 2 heterocycles. The fraction of sp³-hybridized carbons (Fsp3) is 0.700. The number of nitrogens with zero attached hydrogens (tertiary/aromatic N) is 4. The van der Waals surface area contributed by atoms with Crippen LogP contribution in [-0.2, 0) is 17.1 Å². The molecule has 0 unspecified atom stereocenters. The average molecular weight is 309 g/mol. The van der Waals surface area contributed by atoms with E-state index in [1.165, 1.54) is 15.2 Å². The molecule has 7 nitrogen and oxygen atoms in total. The minimum absolute atomic E-state index is 0.0822. The van der Waals surface area contributed by atoms with E-state index in [9.17, 15) is 8.42 Å². The Hall–Kier alpha value is -0.670. The topological polar surface area (TPSA) is 78.7 Å². The molecule has 19 heavy (non-hydrogen) atoms. The lowest BCUT2D eigenvalue weighted by atomic mass is 10.4. The molecule has 1 aromatic heterocycles. The van der Waals surface area contributed by atoms with Crippen LogP contribution in [-0.4, -0.2) is 71.6 Å². The van der Waals surface area contributed by atoms with Crippen LogP contribution in [0.3, 0.4) is 0 Å². The summed E-state index contributed by atoms with van der Waals surface area (Å²) in [6.45, 7) is 2.62. The molecule has 0 atom stereocenters. The van der Waals surface area contributed by atoms with Crippen LogP contribution in [0.25, 0.3) is 0 Å². The number of sulfonamides is 1. The molecule has 0 bridgehead atoms. The van der Waals surface area contributed by atoms with Crippen LogP contribution in [0.4, 0.5) is 0 Å². The van der Waals surface area contributed by atoms with Gasteiger partial charge >= 0.3 is 0 Å². The molecule has 1 aliphatic rings. The number of halogens is 1. The number of imidazole rings is 1. The van der Waals surface area contributed by atoms with Crippen LogP contribution in [0.15, 0.2) is 11.4 Å². The normalized spacial score (nSPS) is 18.9. The molecular formula is C10H17ClN4O3S. The van der Waals surface area contributed by atoms with E-state index in [2.05, 4.69) is 4.98 Å². The van der Waals surface area contributed by atoms with E-state index in [0.717, 1.165) is 0 Å². The molecule has 0 aliphatic carbocycles. The average Bonchev–Trinajstić information content (AvgIpc) is 2.72. The predicted molar refractivity (Wildman–Crippen MR) is 70.5 cm³/mol. The maximum atomic E-state index is 12.4. The van der Waals surface area contributed by atoms with Crippen molar-refractivity contribution in [1.82, 2.24) is 18.8 Å². The molecule has 108 valence electrons. The van der Waals surface area contributed by atoms with E-state index in [1.807, 2.05) is 4.90 Å². The van der Waals surface area contributed by atoms with Gasteiger partial charge in [0.1, 0.15) is 5.15 Å². The van der Waals surface area contributed by atoms with Gasteiger partial charge < -0.3 is 9.67 Å². The fourth-order valence-corrected chi connectivity index (χ4v) is 3.83. The number of hydrogen-bond acceptors (Lipinski definition) is 5. The first-order valence-corrected chi connectivity index (χ1v) is 7.79. The Balaban J connectivity index is 2.12. The zero-order valence-corrected chi connectivity index (χ0v) is 12.2. The van der Waals surface area contributed by atoms with Gasteiger partial charge in [-0.15, -0.1) is 0 Å². The summed E-state index contributed by atoms with van der Waals surface area (Å²) in [6.07, 6.45) is 1.39. The maximum absolute atomic E-state index is 12.4. The van der Waals surface area contributed by atoms with Crippen molar-refractivity contribution in [2.45, 2.75) is 5.03 Å². The molecular weight excluding hydrogens is 292 g/mol. The predicted octanol–water partition coefficient (Wildman–Crippen LogP) is -0.628. The van der Waals surface area contributed by atoms with Crippen LogP contribution >= 0.6 is 11.6 Å². The molecule has 0 aromatic carbocycles. The van der Waals surface area contributed by atoms with Gasteiger partial charge in [-0.25, -0.2) is 13.4 Å². The molecule has 0 saturated carbocycles. The second-order valence-corrected chi connectivity index (χ2v) is 6.63. The van der Waals surface area contributed by atoms with Crippen molar-refractivity contribution in [3.63, 3.8) is 0 Å². The highest BCUT2D eigenvalue weighted by Gasteiger charge is 2.32. The lowest BCUT2D eigenvalue weighted by Gasteiger charge is -2.33. The van der Waals surface area contributed by atoms with Crippen LogP contribution in [0.2, 0.25) is 5.15 Å². The Bertz CT molecular complexity index is 537. The molecule has 1 aliphatic heterocycles. The van der Waals surface area contributed by atoms with Crippen molar-refractivity contribution in [2.75, 3.05) is 39.3 Å². The third-order valence-electron chi connectivity index (χ3n) is 3.17. The number of aryl methyl sites for hydroxylation is 1. The first kappa shape index (κ1) is 14.7. The summed E-state index contributed by atoms with van der Waals surface area (Å²) in [5.41, 5.74) is 0. The molecule has 0 radical (unpaired) electrons. The number of aliphatic hydroxyl groups excluding tert-OH is 1. The molecule has 1 saturated heterocycles. The number of rotatable bonds is 4. The highest BCUT2D eigenvalue weighted by Crippen LogP contribution is 2.23. The lowest BCUT2D eigenvalue weighted by molar-refractivity contribution is 0.151. The minimum Gasteiger partial charge on any atom is -0.395 e. The quantitative estimate of drug-likeness (QED) is 0.801. The zero-order chi connectivity index (χ0) is 14.0. The molecule has 9 heteroatoms. The van der Waals surface area contributed by atoms with Gasteiger partial charge in [0.2, 0.25) is 5.03 Å². The van der Waals surface area contributed by atoms with Crippen molar-refractivity contribution >= 4 is 21.6 Å². The van der Waals surface area contributed by atoms with Gasteiger partial charge in [0.25, 0.3) is 10.0 Å². The first-order valence-electron chi connectivity index (χ1n) is 5.97. The number of aliphatic hydroxyl groups is 1. The van der Waals surface area contributed by atoms with Crippen molar-refractivity contribution in [3.05, 3.63) is 11.5 Å². The van der Waals surface area contributed by atoms with Crippen LogP contribution in [0.5, 0.6) is 0 Å². The Morgan fingerprint density at radius 3 is 2.47 bits per heavy atom. The van der Waals surface area contributed by atoms with E-state index in [-0.39, 0.29) is 16.8 Å². The Morgan fingerprint density at radius 2 is 2.00 bits per heavy atom. The molecule has 1 fully saturated rings. The monoisotopic (exact) mass is 308 g/mol. The highest BCUT2D eigenvalue weighted by atomic mass is 35.5. The highest BCUT2D eigenvalue weighted by molar-refractivity contribution is 7.89. The molecule has 1 aromatic rings. The van der Waals surface area contributed by atoms with Gasteiger partial charge in [-0.05, 0) is 0 Å². The largest absolute Gasteiger partial charge is 0.395 e. The van der Waals surface area contributed by atoms with Gasteiger partial charge in [0, 0.05) is 39.8 Å². The number of β-amino-alcohol motifs (C(OH)–C–C–N with tert-alkyl or cyclic N) is 1.